The highest BCUT2D eigenvalue weighted by Gasteiger charge is 2.24. The second kappa shape index (κ2) is 7.43. The molecule has 0 aliphatic carbocycles. The normalized spacial score (nSPS) is 14.8. The highest BCUT2D eigenvalue weighted by Crippen LogP contribution is 2.32. The topological polar surface area (TPSA) is 56.9 Å². The second-order valence-electron chi connectivity index (χ2n) is 6.44. The Morgan fingerprint density at radius 3 is 2.37 bits per heavy atom. The number of rotatable bonds is 3. The van der Waals surface area contributed by atoms with E-state index in [0.29, 0.717) is 34.3 Å². The number of aliphatic hydroxyl groups is 1. The van der Waals surface area contributed by atoms with Gasteiger partial charge in [0.15, 0.2) is 0 Å². The summed E-state index contributed by atoms with van der Waals surface area (Å²) in [6.07, 6.45) is 0. The van der Waals surface area contributed by atoms with Gasteiger partial charge in [0.2, 0.25) is 0 Å². The number of anilines is 2. The summed E-state index contributed by atoms with van der Waals surface area (Å²) in [5.74, 6) is 0. The van der Waals surface area contributed by atoms with E-state index < -0.39 is 5.63 Å². The summed E-state index contributed by atoms with van der Waals surface area (Å²) >= 11 is 12.1. The fraction of sp³-hybridized carbons (Fsp3) is 0.250. The molecule has 1 saturated heterocycles. The summed E-state index contributed by atoms with van der Waals surface area (Å²) in [6, 6.07) is 13.0. The fourth-order valence-corrected chi connectivity index (χ4v) is 3.83. The van der Waals surface area contributed by atoms with E-state index >= 15 is 0 Å². The van der Waals surface area contributed by atoms with E-state index in [2.05, 4.69) is 9.80 Å². The molecule has 0 atom stereocenters. The van der Waals surface area contributed by atoms with Crippen LogP contribution in [-0.2, 0) is 6.61 Å². The van der Waals surface area contributed by atoms with Gasteiger partial charge in [-0.3, -0.25) is 0 Å². The molecule has 3 aromatic rings. The number of nitrogens with zero attached hydrogens (tertiary/aromatic N) is 2. The second-order valence-corrected chi connectivity index (χ2v) is 7.26. The monoisotopic (exact) mass is 404 g/mol. The van der Waals surface area contributed by atoms with Crippen LogP contribution in [0, 0.1) is 0 Å². The molecule has 2 aromatic carbocycles. The lowest BCUT2D eigenvalue weighted by molar-refractivity contribution is 0.276. The average Bonchev–Trinajstić information content (AvgIpc) is 2.69. The van der Waals surface area contributed by atoms with Crippen LogP contribution in [0.3, 0.4) is 0 Å². The van der Waals surface area contributed by atoms with E-state index in [0.717, 1.165) is 29.9 Å². The first-order valence-corrected chi connectivity index (χ1v) is 9.44. The van der Waals surface area contributed by atoms with Crippen molar-refractivity contribution in [1.29, 1.82) is 0 Å². The maximum absolute atomic E-state index is 12.3. The highest BCUT2D eigenvalue weighted by molar-refractivity contribution is 6.42. The van der Waals surface area contributed by atoms with Crippen molar-refractivity contribution in [3.63, 3.8) is 0 Å². The zero-order valence-corrected chi connectivity index (χ0v) is 16.0. The lowest BCUT2D eigenvalue weighted by Gasteiger charge is -2.38. The van der Waals surface area contributed by atoms with Gasteiger partial charge in [0.1, 0.15) is 5.58 Å². The van der Waals surface area contributed by atoms with Crippen molar-refractivity contribution in [2.45, 2.75) is 6.61 Å². The molecule has 0 spiro atoms. The average molecular weight is 405 g/mol. The zero-order valence-electron chi connectivity index (χ0n) is 14.5. The van der Waals surface area contributed by atoms with Crippen LogP contribution in [0.1, 0.15) is 5.56 Å². The van der Waals surface area contributed by atoms with Crippen LogP contribution in [0.5, 0.6) is 0 Å². The van der Waals surface area contributed by atoms with E-state index in [9.17, 15) is 9.90 Å². The van der Waals surface area contributed by atoms with Crippen molar-refractivity contribution < 1.29 is 9.52 Å². The minimum Gasteiger partial charge on any atom is -0.422 e. The van der Waals surface area contributed by atoms with Crippen molar-refractivity contribution in [3.8, 4) is 0 Å². The molecule has 5 nitrogen and oxygen atoms in total. The van der Waals surface area contributed by atoms with Crippen LogP contribution in [0.2, 0.25) is 10.0 Å². The van der Waals surface area contributed by atoms with Gasteiger partial charge in [-0.2, -0.15) is 0 Å². The number of halogens is 2. The molecule has 0 saturated carbocycles. The Labute approximate surface area is 166 Å². The number of hydrogen-bond acceptors (Lipinski definition) is 5. The van der Waals surface area contributed by atoms with Crippen LogP contribution in [0.4, 0.5) is 11.4 Å². The van der Waals surface area contributed by atoms with E-state index in [-0.39, 0.29) is 6.61 Å². The lowest BCUT2D eigenvalue weighted by Crippen LogP contribution is -2.47. The molecule has 0 unspecified atom stereocenters. The largest absolute Gasteiger partial charge is 0.422 e. The van der Waals surface area contributed by atoms with Crippen molar-refractivity contribution in [2.75, 3.05) is 36.0 Å². The minimum atomic E-state index is -0.488. The Kier molecular flexibility index (Phi) is 5.00. The molecule has 0 amide bonds. The third kappa shape index (κ3) is 3.38. The Morgan fingerprint density at radius 1 is 0.963 bits per heavy atom. The van der Waals surface area contributed by atoms with Gasteiger partial charge in [0.05, 0.1) is 27.9 Å². The summed E-state index contributed by atoms with van der Waals surface area (Å²) in [5, 5.41) is 11.7. The third-order valence-corrected chi connectivity index (χ3v) is 5.64. The van der Waals surface area contributed by atoms with E-state index in [1.165, 1.54) is 0 Å². The summed E-state index contributed by atoms with van der Waals surface area (Å²) in [6.45, 7) is 2.59. The first kappa shape index (κ1) is 18.2. The predicted octanol–water partition coefficient (Wildman–Crippen LogP) is 3.92. The van der Waals surface area contributed by atoms with Crippen LogP contribution >= 0.6 is 23.2 Å². The molecule has 140 valence electrons. The number of benzene rings is 2. The summed E-state index contributed by atoms with van der Waals surface area (Å²) in [5.41, 5.74) is 2.12. The van der Waals surface area contributed by atoms with Crippen LogP contribution < -0.4 is 15.4 Å². The fourth-order valence-electron chi connectivity index (χ4n) is 3.54. The SMILES string of the molecule is O=c1oc2ccccc2c(N2CCN(c3ccc(Cl)c(Cl)c3)CC2)c1CO. The molecule has 2 heterocycles. The van der Waals surface area contributed by atoms with Gasteiger partial charge in [-0.05, 0) is 30.3 Å². The van der Waals surface area contributed by atoms with Gasteiger partial charge in [0, 0.05) is 37.3 Å². The van der Waals surface area contributed by atoms with E-state index in [4.69, 9.17) is 27.6 Å². The Hall–Kier alpha value is -2.21. The Balaban J connectivity index is 1.65. The summed E-state index contributed by atoms with van der Waals surface area (Å²) in [7, 11) is 0. The number of para-hydroxylation sites is 1. The standard InChI is InChI=1S/C20H18Cl2N2O3/c21-16-6-5-13(11-17(16)22)23-7-9-24(10-8-23)19-14-3-1-2-4-18(14)27-20(26)15(19)12-25/h1-6,11,25H,7-10,12H2. The first-order chi connectivity index (χ1) is 13.1. The van der Waals surface area contributed by atoms with Crippen molar-refractivity contribution >= 4 is 45.5 Å². The van der Waals surface area contributed by atoms with E-state index in [1.54, 1.807) is 12.1 Å². The van der Waals surface area contributed by atoms with E-state index in [1.807, 2.05) is 30.3 Å². The minimum absolute atomic E-state index is 0.302. The maximum atomic E-state index is 12.3. The maximum Gasteiger partial charge on any atom is 0.343 e. The first-order valence-electron chi connectivity index (χ1n) is 8.69. The Bertz CT molecular complexity index is 1040. The van der Waals surface area contributed by atoms with Gasteiger partial charge < -0.3 is 19.3 Å². The van der Waals surface area contributed by atoms with Crippen LogP contribution in [-0.4, -0.2) is 31.3 Å². The van der Waals surface area contributed by atoms with Gasteiger partial charge in [-0.1, -0.05) is 35.3 Å². The summed E-state index contributed by atoms with van der Waals surface area (Å²) in [4.78, 5) is 16.7. The molecule has 1 aliphatic rings. The molecule has 0 radical (unpaired) electrons. The number of piperazine rings is 1. The molecular formula is C20H18Cl2N2O3. The lowest BCUT2D eigenvalue weighted by atomic mass is 10.1. The van der Waals surface area contributed by atoms with Gasteiger partial charge >= 0.3 is 5.63 Å². The molecule has 4 rings (SSSR count). The predicted molar refractivity (Wildman–Crippen MR) is 109 cm³/mol. The highest BCUT2D eigenvalue weighted by atomic mass is 35.5. The molecule has 1 aromatic heterocycles. The van der Waals surface area contributed by atoms with Crippen molar-refractivity contribution in [3.05, 3.63) is 68.5 Å². The number of fused-ring (bicyclic) bond motifs is 1. The Morgan fingerprint density at radius 2 is 1.67 bits per heavy atom. The van der Waals surface area contributed by atoms with Crippen molar-refractivity contribution in [1.82, 2.24) is 0 Å². The molecule has 1 N–H and O–H groups in total. The van der Waals surface area contributed by atoms with Crippen molar-refractivity contribution in [2.24, 2.45) is 0 Å². The summed E-state index contributed by atoms with van der Waals surface area (Å²) < 4.78 is 5.35. The smallest absolute Gasteiger partial charge is 0.343 e. The molecule has 27 heavy (non-hydrogen) atoms. The third-order valence-electron chi connectivity index (χ3n) is 4.90. The molecular weight excluding hydrogens is 387 g/mol. The van der Waals surface area contributed by atoms with Gasteiger partial charge in [-0.25, -0.2) is 4.79 Å². The van der Waals surface area contributed by atoms with Gasteiger partial charge in [-0.15, -0.1) is 0 Å². The molecule has 1 fully saturated rings. The van der Waals surface area contributed by atoms with Crippen LogP contribution in [0.15, 0.2) is 51.7 Å². The molecule has 0 bridgehead atoms. The quantitative estimate of drug-likeness (QED) is 0.670. The number of hydrogen-bond donors (Lipinski definition) is 1. The van der Waals surface area contributed by atoms with Gasteiger partial charge in [0.25, 0.3) is 0 Å². The van der Waals surface area contributed by atoms with Crippen LogP contribution in [0.25, 0.3) is 11.0 Å². The molecule has 1 aliphatic heterocycles. The molecule has 7 heteroatoms. The number of aliphatic hydroxyl groups excluding tert-OH is 1. The zero-order chi connectivity index (χ0) is 19.0.